The van der Waals surface area contributed by atoms with Crippen LogP contribution in [0.2, 0.25) is 0 Å². The molecule has 1 saturated carbocycles. The number of thiophene rings is 1. The Morgan fingerprint density at radius 2 is 2.07 bits per heavy atom. The number of hydrogen-bond acceptors (Lipinski definition) is 4. The molecule has 27 heavy (non-hydrogen) atoms. The summed E-state index contributed by atoms with van der Waals surface area (Å²) in [5, 5.41) is 4.93. The number of hydrogen-bond donors (Lipinski definition) is 1. The number of amides is 2. The van der Waals surface area contributed by atoms with E-state index in [0.717, 1.165) is 43.6 Å². The molecule has 1 saturated heterocycles. The summed E-state index contributed by atoms with van der Waals surface area (Å²) in [6.07, 6.45) is 4.19. The first-order valence-corrected chi connectivity index (χ1v) is 10.4. The van der Waals surface area contributed by atoms with Gasteiger partial charge in [-0.2, -0.15) is 0 Å². The molecule has 0 unspecified atom stereocenters. The molecule has 0 radical (unpaired) electrons. The topological polar surface area (TPSA) is 58.6 Å². The standard InChI is InChI=1S/C21H24N2O3S/c24-20(22-17-8-9-17)16-5-1-6-18(12-16)26-14-15-4-2-10-23(13-15)21(25)19-7-3-11-27-19/h1,3,5-7,11-12,15,17H,2,4,8-10,13-14H2,(H,22,24)/t15-/m1/s1. The van der Waals surface area contributed by atoms with Crippen LogP contribution in [0.1, 0.15) is 45.7 Å². The monoisotopic (exact) mass is 384 g/mol. The van der Waals surface area contributed by atoms with Crippen molar-refractivity contribution in [3.8, 4) is 5.75 Å². The summed E-state index contributed by atoms with van der Waals surface area (Å²) < 4.78 is 5.96. The normalized spacial score (nSPS) is 19.6. The molecule has 1 aliphatic carbocycles. The van der Waals surface area contributed by atoms with E-state index in [1.54, 1.807) is 6.07 Å². The van der Waals surface area contributed by atoms with Crippen molar-refractivity contribution in [3.63, 3.8) is 0 Å². The minimum absolute atomic E-state index is 0.0339. The third kappa shape index (κ3) is 4.69. The Balaban J connectivity index is 1.31. The van der Waals surface area contributed by atoms with Crippen molar-refractivity contribution < 1.29 is 14.3 Å². The summed E-state index contributed by atoms with van der Waals surface area (Å²) in [4.78, 5) is 27.4. The van der Waals surface area contributed by atoms with Crippen molar-refractivity contribution in [2.75, 3.05) is 19.7 Å². The second kappa shape index (κ2) is 8.13. The van der Waals surface area contributed by atoms with Crippen molar-refractivity contribution in [3.05, 3.63) is 52.2 Å². The van der Waals surface area contributed by atoms with Crippen LogP contribution in [0.5, 0.6) is 5.75 Å². The van der Waals surface area contributed by atoms with Gasteiger partial charge in [0.15, 0.2) is 0 Å². The highest BCUT2D eigenvalue weighted by Crippen LogP contribution is 2.23. The van der Waals surface area contributed by atoms with E-state index < -0.39 is 0 Å². The first-order chi connectivity index (χ1) is 13.2. The maximum absolute atomic E-state index is 12.5. The number of likely N-dealkylation sites (tertiary alicyclic amines) is 1. The van der Waals surface area contributed by atoms with E-state index >= 15 is 0 Å². The molecule has 2 heterocycles. The summed E-state index contributed by atoms with van der Waals surface area (Å²) in [6, 6.07) is 11.5. The molecule has 142 valence electrons. The second-order valence-corrected chi connectivity index (χ2v) is 8.27. The van der Waals surface area contributed by atoms with Crippen molar-refractivity contribution in [1.82, 2.24) is 10.2 Å². The molecule has 1 aromatic heterocycles. The fraction of sp³-hybridized carbons (Fsp3) is 0.429. The van der Waals surface area contributed by atoms with Crippen molar-refractivity contribution in [2.24, 2.45) is 5.92 Å². The largest absolute Gasteiger partial charge is 0.493 e. The average molecular weight is 385 g/mol. The number of carbonyl (C=O) groups is 2. The third-order valence-electron chi connectivity index (χ3n) is 5.03. The van der Waals surface area contributed by atoms with Gasteiger partial charge in [-0.3, -0.25) is 9.59 Å². The number of nitrogens with one attached hydrogen (secondary N) is 1. The lowest BCUT2D eigenvalue weighted by molar-refractivity contribution is 0.0637. The molecule has 0 bridgehead atoms. The van der Waals surface area contributed by atoms with Gasteiger partial charge in [0.05, 0.1) is 11.5 Å². The molecule has 2 fully saturated rings. The van der Waals surface area contributed by atoms with Crippen LogP contribution in [0.15, 0.2) is 41.8 Å². The number of ether oxygens (including phenoxy) is 1. The van der Waals surface area contributed by atoms with Crippen LogP contribution < -0.4 is 10.1 Å². The predicted octanol–water partition coefficient (Wildman–Crippen LogP) is 3.57. The number of nitrogens with zero attached hydrogens (tertiary/aromatic N) is 1. The fourth-order valence-electron chi connectivity index (χ4n) is 3.38. The van der Waals surface area contributed by atoms with Crippen LogP contribution in [0.4, 0.5) is 0 Å². The van der Waals surface area contributed by atoms with Crippen molar-refractivity contribution in [1.29, 1.82) is 0 Å². The van der Waals surface area contributed by atoms with Crippen LogP contribution in [-0.4, -0.2) is 42.5 Å². The number of benzene rings is 1. The third-order valence-corrected chi connectivity index (χ3v) is 5.89. The molecule has 4 rings (SSSR count). The predicted molar refractivity (Wildman–Crippen MR) is 105 cm³/mol. The molecule has 0 spiro atoms. The Hall–Kier alpha value is -2.34. The first kappa shape index (κ1) is 18.0. The Morgan fingerprint density at radius 3 is 2.85 bits per heavy atom. The average Bonchev–Trinajstić information content (AvgIpc) is 3.34. The van der Waals surface area contributed by atoms with Crippen molar-refractivity contribution >= 4 is 23.2 Å². The lowest BCUT2D eigenvalue weighted by Crippen LogP contribution is -2.41. The van der Waals surface area contributed by atoms with Gasteiger partial charge in [0, 0.05) is 30.6 Å². The van der Waals surface area contributed by atoms with E-state index in [4.69, 9.17) is 4.74 Å². The van der Waals surface area contributed by atoms with Gasteiger partial charge in [-0.05, 0) is 55.3 Å². The molecule has 1 atom stereocenters. The fourth-order valence-corrected chi connectivity index (χ4v) is 4.07. The SMILES string of the molecule is O=C(NC1CC1)c1cccc(OC[C@@H]2CCCN(C(=O)c3cccs3)C2)c1. The zero-order chi connectivity index (χ0) is 18.6. The summed E-state index contributed by atoms with van der Waals surface area (Å²) >= 11 is 1.49. The van der Waals surface area contributed by atoms with Gasteiger partial charge >= 0.3 is 0 Å². The van der Waals surface area contributed by atoms with Gasteiger partial charge in [-0.1, -0.05) is 12.1 Å². The molecule has 1 aromatic carbocycles. The molecule has 2 aromatic rings. The van der Waals surface area contributed by atoms with E-state index in [0.29, 0.717) is 29.9 Å². The first-order valence-electron chi connectivity index (χ1n) is 9.55. The smallest absolute Gasteiger partial charge is 0.263 e. The highest BCUT2D eigenvalue weighted by Gasteiger charge is 2.26. The quantitative estimate of drug-likeness (QED) is 0.828. The number of piperidine rings is 1. The van der Waals surface area contributed by atoms with Crippen LogP contribution in [-0.2, 0) is 0 Å². The summed E-state index contributed by atoms with van der Waals surface area (Å²) in [5.41, 5.74) is 0.637. The van der Waals surface area contributed by atoms with Gasteiger partial charge in [0.25, 0.3) is 11.8 Å². The van der Waals surface area contributed by atoms with E-state index in [-0.39, 0.29) is 11.8 Å². The zero-order valence-corrected chi connectivity index (χ0v) is 16.0. The Morgan fingerprint density at radius 1 is 1.19 bits per heavy atom. The van der Waals surface area contributed by atoms with Gasteiger partial charge < -0.3 is 15.0 Å². The van der Waals surface area contributed by atoms with E-state index in [2.05, 4.69) is 5.32 Å². The lowest BCUT2D eigenvalue weighted by Gasteiger charge is -2.32. The summed E-state index contributed by atoms with van der Waals surface area (Å²) in [7, 11) is 0. The highest BCUT2D eigenvalue weighted by atomic mass is 32.1. The van der Waals surface area contributed by atoms with E-state index in [1.165, 1.54) is 11.3 Å². The van der Waals surface area contributed by atoms with Gasteiger partial charge in [0.2, 0.25) is 0 Å². The van der Waals surface area contributed by atoms with Crippen LogP contribution in [0.25, 0.3) is 0 Å². The highest BCUT2D eigenvalue weighted by molar-refractivity contribution is 7.12. The van der Waals surface area contributed by atoms with Crippen LogP contribution in [0.3, 0.4) is 0 Å². The maximum atomic E-state index is 12.5. The molecule has 1 N–H and O–H groups in total. The second-order valence-electron chi connectivity index (χ2n) is 7.32. The minimum Gasteiger partial charge on any atom is -0.493 e. The Bertz CT molecular complexity index is 802. The summed E-state index contributed by atoms with van der Waals surface area (Å²) in [6.45, 7) is 2.09. The number of rotatable bonds is 6. The van der Waals surface area contributed by atoms with Gasteiger partial charge in [0.1, 0.15) is 5.75 Å². The molecule has 6 heteroatoms. The van der Waals surface area contributed by atoms with E-state index in [1.807, 2.05) is 40.6 Å². The summed E-state index contributed by atoms with van der Waals surface area (Å²) in [5.74, 6) is 1.11. The molecule has 5 nitrogen and oxygen atoms in total. The molecule has 2 amide bonds. The molecule has 1 aliphatic heterocycles. The molecule has 2 aliphatic rings. The van der Waals surface area contributed by atoms with Crippen molar-refractivity contribution in [2.45, 2.75) is 31.7 Å². The Labute approximate surface area is 163 Å². The number of carbonyl (C=O) groups excluding carboxylic acids is 2. The zero-order valence-electron chi connectivity index (χ0n) is 15.2. The molecular weight excluding hydrogens is 360 g/mol. The van der Waals surface area contributed by atoms with Crippen LogP contribution >= 0.6 is 11.3 Å². The Kier molecular flexibility index (Phi) is 5.43. The minimum atomic E-state index is -0.0339. The van der Waals surface area contributed by atoms with E-state index in [9.17, 15) is 9.59 Å². The maximum Gasteiger partial charge on any atom is 0.263 e. The van der Waals surface area contributed by atoms with Gasteiger partial charge in [-0.15, -0.1) is 11.3 Å². The molecular formula is C21H24N2O3S. The van der Waals surface area contributed by atoms with Gasteiger partial charge in [-0.25, -0.2) is 0 Å². The lowest BCUT2D eigenvalue weighted by atomic mass is 9.99. The van der Waals surface area contributed by atoms with Crippen LogP contribution in [0, 0.1) is 5.92 Å².